The van der Waals surface area contributed by atoms with Crippen molar-refractivity contribution >= 4 is 16.9 Å². The average Bonchev–Trinajstić information content (AvgIpc) is 2.34. The molecule has 4 nitrogen and oxygen atoms in total. The fourth-order valence-electron chi connectivity index (χ4n) is 1.86. The molecule has 1 aromatic heterocycles. The van der Waals surface area contributed by atoms with Gasteiger partial charge in [0.05, 0.1) is 11.0 Å². The quantitative estimate of drug-likeness (QED) is 0.919. The average molecular weight is 257 g/mol. The lowest BCUT2D eigenvalue weighted by Crippen LogP contribution is -2.27. The fourth-order valence-corrected chi connectivity index (χ4v) is 1.86. The Morgan fingerprint density at radius 1 is 1.16 bits per heavy atom. The summed E-state index contributed by atoms with van der Waals surface area (Å²) < 4.78 is 0. The summed E-state index contributed by atoms with van der Waals surface area (Å²) in [5, 5.41) is 2.93. The summed E-state index contributed by atoms with van der Waals surface area (Å²) in [4.78, 5) is 20.2. The maximum atomic E-state index is 11.8. The Morgan fingerprint density at radius 2 is 1.84 bits per heavy atom. The van der Waals surface area contributed by atoms with Crippen molar-refractivity contribution in [2.45, 2.75) is 33.7 Å². The van der Waals surface area contributed by atoms with Crippen molar-refractivity contribution < 1.29 is 4.79 Å². The summed E-state index contributed by atoms with van der Waals surface area (Å²) in [5.74, 6) is 0.0757. The molecule has 1 amide bonds. The second-order valence-electron chi connectivity index (χ2n) is 5.89. The van der Waals surface area contributed by atoms with Crippen LogP contribution in [0.3, 0.4) is 0 Å². The normalized spacial score (nSPS) is 11.5. The molecule has 2 aromatic rings. The minimum atomic E-state index is 0.0128. The Labute approximate surface area is 113 Å². The molecule has 1 heterocycles. The van der Waals surface area contributed by atoms with E-state index in [0.29, 0.717) is 13.0 Å². The molecule has 2 rings (SSSR count). The van der Waals surface area contributed by atoms with E-state index in [-0.39, 0.29) is 11.3 Å². The molecule has 0 aliphatic carbocycles. The second kappa shape index (κ2) is 5.34. The molecule has 0 saturated heterocycles. The van der Waals surface area contributed by atoms with Crippen LogP contribution in [0, 0.1) is 5.41 Å². The third-order valence-corrected chi connectivity index (χ3v) is 2.71. The van der Waals surface area contributed by atoms with Gasteiger partial charge in [0.15, 0.2) is 0 Å². The van der Waals surface area contributed by atoms with Crippen LogP contribution in [-0.2, 0) is 11.3 Å². The molecule has 0 unspecified atom stereocenters. The van der Waals surface area contributed by atoms with Gasteiger partial charge in [0.1, 0.15) is 0 Å². The number of fused-ring (bicyclic) bond motifs is 1. The molecule has 0 atom stereocenters. The van der Waals surface area contributed by atoms with Crippen molar-refractivity contribution in [2.24, 2.45) is 5.41 Å². The highest BCUT2D eigenvalue weighted by Gasteiger charge is 2.15. The molecule has 0 spiro atoms. The largest absolute Gasteiger partial charge is 0.352 e. The van der Waals surface area contributed by atoms with Crippen LogP contribution in [-0.4, -0.2) is 15.9 Å². The number of carbonyl (C=O) groups excluding carboxylic acids is 1. The van der Waals surface area contributed by atoms with Crippen LogP contribution in [0.25, 0.3) is 11.0 Å². The van der Waals surface area contributed by atoms with Crippen molar-refractivity contribution in [3.05, 3.63) is 36.2 Å². The lowest BCUT2D eigenvalue weighted by atomic mass is 9.92. The Balaban J connectivity index is 2.00. The molecular formula is C15H19N3O. The SMILES string of the molecule is CC(C)(C)CC(=O)NCc1ccc2nccnc2c1. The van der Waals surface area contributed by atoms with E-state index in [2.05, 4.69) is 36.1 Å². The van der Waals surface area contributed by atoms with Gasteiger partial charge in [-0.05, 0) is 23.1 Å². The molecule has 100 valence electrons. The first-order valence-electron chi connectivity index (χ1n) is 6.40. The molecule has 0 saturated carbocycles. The lowest BCUT2D eigenvalue weighted by Gasteiger charge is -2.17. The van der Waals surface area contributed by atoms with Gasteiger partial charge >= 0.3 is 0 Å². The number of nitrogens with one attached hydrogen (secondary N) is 1. The smallest absolute Gasteiger partial charge is 0.220 e. The highest BCUT2D eigenvalue weighted by Crippen LogP contribution is 2.18. The summed E-state index contributed by atoms with van der Waals surface area (Å²) >= 11 is 0. The van der Waals surface area contributed by atoms with E-state index in [4.69, 9.17) is 0 Å². The Hall–Kier alpha value is -1.97. The monoisotopic (exact) mass is 257 g/mol. The number of hydrogen-bond acceptors (Lipinski definition) is 3. The van der Waals surface area contributed by atoms with Crippen LogP contribution in [0.15, 0.2) is 30.6 Å². The topological polar surface area (TPSA) is 54.9 Å². The zero-order valence-corrected chi connectivity index (χ0v) is 11.6. The van der Waals surface area contributed by atoms with E-state index < -0.39 is 0 Å². The van der Waals surface area contributed by atoms with E-state index in [1.54, 1.807) is 12.4 Å². The highest BCUT2D eigenvalue weighted by atomic mass is 16.1. The van der Waals surface area contributed by atoms with Crippen LogP contribution >= 0.6 is 0 Å². The predicted molar refractivity (Wildman–Crippen MR) is 75.5 cm³/mol. The van der Waals surface area contributed by atoms with Crippen LogP contribution in [0.1, 0.15) is 32.8 Å². The van der Waals surface area contributed by atoms with Gasteiger partial charge < -0.3 is 5.32 Å². The van der Waals surface area contributed by atoms with Crippen molar-refractivity contribution in [3.63, 3.8) is 0 Å². The third kappa shape index (κ3) is 4.02. The van der Waals surface area contributed by atoms with Crippen molar-refractivity contribution in [1.29, 1.82) is 0 Å². The van der Waals surface area contributed by atoms with Crippen molar-refractivity contribution in [3.8, 4) is 0 Å². The zero-order chi connectivity index (χ0) is 13.9. The number of hydrogen-bond donors (Lipinski definition) is 1. The van der Waals surface area contributed by atoms with Gasteiger partial charge in [-0.25, -0.2) is 0 Å². The number of rotatable bonds is 3. The van der Waals surface area contributed by atoms with Gasteiger partial charge in [-0.3, -0.25) is 14.8 Å². The predicted octanol–water partition coefficient (Wildman–Crippen LogP) is 2.68. The number of amides is 1. The third-order valence-electron chi connectivity index (χ3n) is 2.71. The van der Waals surface area contributed by atoms with E-state index in [0.717, 1.165) is 16.6 Å². The minimum Gasteiger partial charge on any atom is -0.352 e. The molecule has 0 bridgehead atoms. The summed E-state index contributed by atoms with van der Waals surface area (Å²) in [5.41, 5.74) is 2.77. The van der Waals surface area contributed by atoms with Crippen molar-refractivity contribution in [2.75, 3.05) is 0 Å². The van der Waals surface area contributed by atoms with E-state index >= 15 is 0 Å². The van der Waals surface area contributed by atoms with E-state index in [1.807, 2.05) is 18.2 Å². The first-order chi connectivity index (χ1) is 8.94. The second-order valence-corrected chi connectivity index (χ2v) is 5.89. The van der Waals surface area contributed by atoms with Gasteiger partial charge in [-0.1, -0.05) is 26.8 Å². The van der Waals surface area contributed by atoms with Crippen LogP contribution < -0.4 is 5.32 Å². The molecule has 0 radical (unpaired) electrons. The lowest BCUT2D eigenvalue weighted by molar-refractivity contribution is -0.122. The molecular weight excluding hydrogens is 238 g/mol. The Bertz CT molecular complexity index is 587. The number of benzene rings is 1. The number of carbonyl (C=O) groups is 1. The van der Waals surface area contributed by atoms with Crippen LogP contribution in [0.4, 0.5) is 0 Å². The minimum absolute atomic E-state index is 0.0128. The maximum Gasteiger partial charge on any atom is 0.220 e. The maximum absolute atomic E-state index is 11.8. The highest BCUT2D eigenvalue weighted by molar-refractivity contribution is 5.77. The Kier molecular flexibility index (Phi) is 3.79. The van der Waals surface area contributed by atoms with Gasteiger partial charge in [-0.2, -0.15) is 0 Å². The number of nitrogens with zero attached hydrogens (tertiary/aromatic N) is 2. The van der Waals surface area contributed by atoms with Gasteiger partial charge in [0.25, 0.3) is 0 Å². The van der Waals surface area contributed by atoms with E-state index in [9.17, 15) is 4.79 Å². The first kappa shape index (κ1) is 13.5. The molecule has 1 aromatic carbocycles. The standard InChI is InChI=1S/C15H19N3O/c1-15(2,3)9-14(19)18-10-11-4-5-12-13(8-11)17-7-6-16-12/h4-8H,9-10H2,1-3H3,(H,18,19). The fraction of sp³-hybridized carbons (Fsp3) is 0.400. The van der Waals surface area contributed by atoms with Gasteiger partial charge in [0, 0.05) is 25.4 Å². The first-order valence-corrected chi connectivity index (χ1v) is 6.40. The van der Waals surface area contributed by atoms with Crippen molar-refractivity contribution in [1.82, 2.24) is 15.3 Å². The van der Waals surface area contributed by atoms with Gasteiger partial charge in [0.2, 0.25) is 5.91 Å². The Morgan fingerprint density at radius 3 is 2.53 bits per heavy atom. The summed E-state index contributed by atoms with van der Waals surface area (Å²) in [6.07, 6.45) is 3.87. The molecule has 0 aliphatic heterocycles. The molecule has 4 heteroatoms. The summed E-state index contributed by atoms with van der Waals surface area (Å²) in [6, 6.07) is 5.85. The molecule has 0 fully saturated rings. The summed E-state index contributed by atoms with van der Waals surface area (Å²) in [7, 11) is 0. The zero-order valence-electron chi connectivity index (χ0n) is 11.6. The number of aromatic nitrogens is 2. The van der Waals surface area contributed by atoms with Crippen LogP contribution in [0.5, 0.6) is 0 Å². The van der Waals surface area contributed by atoms with Gasteiger partial charge in [-0.15, -0.1) is 0 Å². The molecule has 0 aliphatic rings. The molecule has 19 heavy (non-hydrogen) atoms. The summed E-state index contributed by atoms with van der Waals surface area (Å²) in [6.45, 7) is 6.69. The van der Waals surface area contributed by atoms with E-state index in [1.165, 1.54) is 0 Å². The van der Waals surface area contributed by atoms with Crippen LogP contribution in [0.2, 0.25) is 0 Å². The molecule has 1 N–H and O–H groups in total.